The number of benzene rings is 1. The van der Waals surface area contributed by atoms with Crippen molar-refractivity contribution >= 4 is 23.4 Å². The Morgan fingerprint density at radius 2 is 1.94 bits per heavy atom. The lowest BCUT2D eigenvalue weighted by molar-refractivity contribution is 0.392. The van der Waals surface area contributed by atoms with Crippen LogP contribution in [0.25, 0.3) is 0 Å². The van der Waals surface area contributed by atoms with Crippen molar-refractivity contribution in [2.45, 2.75) is 10.1 Å². The van der Waals surface area contributed by atoms with Crippen LogP contribution in [0.2, 0.25) is 5.15 Å². The van der Waals surface area contributed by atoms with Crippen molar-refractivity contribution in [2.75, 3.05) is 7.11 Å². The normalized spacial score (nSPS) is 10.1. The standard InChI is InChI=1S/C11H9ClN2OS/c1-15-10-7-9(12)13-11(14-10)16-8-5-3-2-4-6-8/h2-7H,1H3. The molecule has 1 aromatic carbocycles. The van der Waals surface area contributed by atoms with Gasteiger partial charge in [-0.25, -0.2) is 4.98 Å². The lowest BCUT2D eigenvalue weighted by Crippen LogP contribution is -1.92. The summed E-state index contributed by atoms with van der Waals surface area (Å²) in [7, 11) is 1.55. The summed E-state index contributed by atoms with van der Waals surface area (Å²) in [5, 5.41) is 0.959. The summed E-state index contributed by atoms with van der Waals surface area (Å²) in [4.78, 5) is 9.37. The van der Waals surface area contributed by atoms with Gasteiger partial charge in [0.1, 0.15) is 5.15 Å². The minimum atomic E-state index is 0.380. The molecule has 0 aliphatic rings. The fraction of sp³-hybridized carbons (Fsp3) is 0.0909. The van der Waals surface area contributed by atoms with Crippen molar-refractivity contribution < 1.29 is 4.74 Å². The van der Waals surface area contributed by atoms with E-state index in [1.807, 2.05) is 30.3 Å². The van der Waals surface area contributed by atoms with Gasteiger partial charge in [0, 0.05) is 11.0 Å². The highest BCUT2D eigenvalue weighted by Gasteiger charge is 2.04. The molecule has 0 radical (unpaired) electrons. The van der Waals surface area contributed by atoms with E-state index in [4.69, 9.17) is 16.3 Å². The van der Waals surface area contributed by atoms with Crippen LogP contribution in [0.15, 0.2) is 46.5 Å². The second-order valence-electron chi connectivity index (χ2n) is 2.93. The Morgan fingerprint density at radius 1 is 1.19 bits per heavy atom. The lowest BCUT2D eigenvalue weighted by atomic mass is 10.4. The molecule has 2 rings (SSSR count). The molecule has 3 nitrogen and oxygen atoms in total. The van der Waals surface area contributed by atoms with E-state index in [1.165, 1.54) is 11.8 Å². The first-order chi connectivity index (χ1) is 7.78. The Kier molecular flexibility index (Phi) is 3.64. The monoisotopic (exact) mass is 252 g/mol. The molecule has 0 aliphatic carbocycles. The van der Waals surface area contributed by atoms with Gasteiger partial charge in [-0.05, 0) is 23.9 Å². The first-order valence-electron chi connectivity index (χ1n) is 4.59. The van der Waals surface area contributed by atoms with Gasteiger partial charge in [0.05, 0.1) is 7.11 Å². The molecule has 0 atom stereocenters. The molecule has 5 heteroatoms. The number of aromatic nitrogens is 2. The van der Waals surface area contributed by atoms with Crippen molar-refractivity contribution in [3.05, 3.63) is 41.6 Å². The van der Waals surface area contributed by atoms with E-state index in [1.54, 1.807) is 13.2 Å². The molecule has 0 saturated heterocycles. The number of nitrogens with zero attached hydrogens (tertiary/aromatic N) is 2. The quantitative estimate of drug-likeness (QED) is 0.620. The summed E-state index contributed by atoms with van der Waals surface area (Å²) in [5.74, 6) is 0.471. The zero-order chi connectivity index (χ0) is 11.4. The first kappa shape index (κ1) is 11.2. The van der Waals surface area contributed by atoms with Crippen LogP contribution < -0.4 is 4.74 Å². The molecule has 2 aromatic rings. The molecule has 0 amide bonds. The van der Waals surface area contributed by atoms with Gasteiger partial charge in [0.25, 0.3) is 0 Å². The van der Waals surface area contributed by atoms with Crippen molar-refractivity contribution in [3.8, 4) is 5.88 Å². The summed E-state index contributed by atoms with van der Waals surface area (Å²) >= 11 is 7.30. The Hall–Kier alpha value is -1.26. The molecular formula is C11H9ClN2OS. The van der Waals surface area contributed by atoms with Gasteiger partial charge < -0.3 is 4.74 Å². The number of halogens is 1. The molecule has 1 heterocycles. The van der Waals surface area contributed by atoms with E-state index in [0.717, 1.165) is 4.90 Å². The number of hydrogen-bond donors (Lipinski definition) is 0. The van der Waals surface area contributed by atoms with Crippen molar-refractivity contribution in [1.82, 2.24) is 9.97 Å². The van der Waals surface area contributed by atoms with Gasteiger partial charge in [-0.1, -0.05) is 29.8 Å². The highest BCUT2D eigenvalue weighted by Crippen LogP contribution is 2.26. The maximum Gasteiger partial charge on any atom is 0.218 e. The number of hydrogen-bond acceptors (Lipinski definition) is 4. The van der Waals surface area contributed by atoms with Gasteiger partial charge in [0.2, 0.25) is 5.88 Å². The third-order valence-electron chi connectivity index (χ3n) is 1.81. The molecule has 0 N–H and O–H groups in total. The fourth-order valence-corrected chi connectivity index (χ4v) is 2.13. The minimum absolute atomic E-state index is 0.380. The van der Waals surface area contributed by atoms with Crippen LogP contribution in [0, 0.1) is 0 Å². The number of ether oxygens (including phenoxy) is 1. The minimum Gasteiger partial charge on any atom is -0.481 e. The molecule has 82 valence electrons. The van der Waals surface area contributed by atoms with E-state index in [2.05, 4.69) is 9.97 Å². The third-order valence-corrected chi connectivity index (χ3v) is 2.88. The van der Waals surface area contributed by atoms with Gasteiger partial charge in [-0.2, -0.15) is 4.98 Å². The zero-order valence-electron chi connectivity index (χ0n) is 8.55. The van der Waals surface area contributed by atoms with Crippen LogP contribution in [0.5, 0.6) is 5.88 Å². The van der Waals surface area contributed by atoms with Crippen LogP contribution in [0.4, 0.5) is 0 Å². The van der Waals surface area contributed by atoms with E-state index in [0.29, 0.717) is 16.2 Å². The highest BCUT2D eigenvalue weighted by atomic mass is 35.5. The predicted octanol–water partition coefficient (Wildman–Crippen LogP) is 3.29. The Labute approximate surface area is 103 Å². The molecule has 0 saturated carbocycles. The summed E-state index contributed by atoms with van der Waals surface area (Å²) in [6.45, 7) is 0. The van der Waals surface area contributed by atoms with E-state index < -0.39 is 0 Å². The SMILES string of the molecule is COc1cc(Cl)nc(Sc2ccccc2)n1. The van der Waals surface area contributed by atoms with E-state index in [-0.39, 0.29) is 0 Å². The lowest BCUT2D eigenvalue weighted by Gasteiger charge is -2.03. The molecule has 0 fully saturated rings. The van der Waals surface area contributed by atoms with Crippen LogP contribution in [-0.4, -0.2) is 17.1 Å². The maximum absolute atomic E-state index is 5.85. The first-order valence-corrected chi connectivity index (χ1v) is 5.79. The topological polar surface area (TPSA) is 35.0 Å². The van der Waals surface area contributed by atoms with Crippen LogP contribution in [0.1, 0.15) is 0 Å². The zero-order valence-corrected chi connectivity index (χ0v) is 10.1. The van der Waals surface area contributed by atoms with Crippen LogP contribution >= 0.6 is 23.4 Å². The van der Waals surface area contributed by atoms with Crippen LogP contribution in [0.3, 0.4) is 0 Å². The van der Waals surface area contributed by atoms with Gasteiger partial charge in [-0.15, -0.1) is 0 Å². The molecule has 0 unspecified atom stereocenters. The summed E-state index contributed by atoms with van der Waals surface area (Å²) in [5.41, 5.74) is 0. The molecule has 0 aliphatic heterocycles. The Balaban J connectivity index is 2.24. The number of rotatable bonds is 3. The van der Waals surface area contributed by atoms with Crippen molar-refractivity contribution in [2.24, 2.45) is 0 Å². The summed E-state index contributed by atoms with van der Waals surface area (Å²) < 4.78 is 5.02. The largest absolute Gasteiger partial charge is 0.481 e. The fourth-order valence-electron chi connectivity index (χ4n) is 1.12. The van der Waals surface area contributed by atoms with Crippen molar-refractivity contribution in [3.63, 3.8) is 0 Å². The molecular weight excluding hydrogens is 244 g/mol. The Bertz CT molecular complexity index is 479. The molecule has 1 aromatic heterocycles. The average molecular weight is 253 g/mol. The van der Waals surface area contributed by atoms with Gasteiger partial charge in [-0.3, -0.25) is 0 Å². The van der Waals surface area contributed by atoms with E-state index in [9.17, 15) is 0 Å². The molecule has 0 bridgehead atoms. The molecule has 0 spiro atoms. The van der Waals surface area contributed by atoms with E-state index >= 15 is 0 Å². The molecule has 16 heavy (non-hydrogen) atoms. The van der Waals surface area contributed by atoms with Gasteiger partial charge in [0.15, 0.2) is 5.16 Å². The summed E-state index contributed by atoms with van der Waals surface area (Å²) in [6, 6.07) is 11.4. The smallest absolute Gasteiger partial charge is 0.218 e. The number of methoxy groups -OCH3 is 1. The highest BCUT2D eigenvalue weighted by molar-refractivity contribution is 7.99. The van der Waals surface area contributed by atoms with Crippen LogP contribution in [-0.2, 0) is 0 Å². The summed E-state index contributed by atoms with van der Waals surface area (Å²) in [6.07, 6.45) is 0. The van der Waals surface area contributed by atoms with Crippen molar-refractivity contribution in [1.29, 1.82) is 0 Å². The van der Waals surface area contributed by atoms with Gasteiger partial charge >= 0.3 is 0 Å². The second-order valence-corrected chi connectivity index (χ2v) is 4.36. The maximum atomic E-state index is 5.85. The Morgan fingerprint density at radius 3 is 2.62 bits per heavy atom. The predicted molar refractivity (Wildman–Crippen MR) is 64.2 cm³/mol. The third kappa shape index (κ3) is 2.87. The average Bonchev–Trinajstić information content (AvgIpc) is 2.29. The second kappa shape index (κ2) is 5.18.